The lowest BCUT2D eigenvalue weighted by Crippen LogP contribution is -2.73. The molecule has 7 heteroatoms. The third-order valence-electron chi connectivity index (χ3n) is 5.31. The molecule has 3 saturated heterocycles. The first kappa shape index (κ1) is 17.3. The predicted molar refractivity (Wildman–Crippen MR) is 90.0 cm³/mol. The summed E-state index contributed by atoms with van der Waals surface area (Å²) >= 11 is 6.12. The van der Waals surface area contributed by atoms with Gasteiger partial charge in [-0.1, -0.05) is 0 Å². The van der Waals surface area contributed by atoms with Gasteiger partial charge in [-0.3, -0.25) is 10.2 Å². The van der Waals surface area contributed by atoms with Crippen LogP contribution in [0.3, 0.4) is 0 Å². The number of piperidine rings is 1. The minimum atomic E-state index is -0.467. The van der Waals surface area contributed by atoms with Crippen molar-refractivity contribution in [2.45, 2.75) is 94.7 Å². The van der Waals surface area contributed by atoms with Crippen LogP contribution in [-0.2, 0) is 4.74 Å². The van der Waals surface area contributed by atoms with Gasteiger partial charge in [-0.25, -0.2) is 15.6 Å². The van der Waals surface area contributed by atoms with E-state index in [2.05, 4.69) is 30.0 Å². The Morgan fingerprint density at radius 1 is 1.22 bits per heavy atom. The smallest absolute Gasteiger partial charge is 0.411 e. The average Bonchev–Trinajstić information content (AvgIpc) is 2.55. The summed E-state index contributed by atoms with van der Waals surface area (Å²) in [5.74, 6) is 0. The van der Waals surface area contributed by atoms with Gasteiger partial charge in [-0.05, 0) is 60.3 Å². The summed E-state index contributed by atoms with van der Waals surface area (Å²) in [6.07, 6.45) is 3.77. The van der Waals surface area contributed by atoms with Crippen molar-refractivity contribution in [1.29, 1.82) is 0 Å². The van der Waals surface area contributed by atoms with Crippen molar-refractivity contribution >= 4 is 17.7 Å². The molecule has 3 aliphatic heterocycles. The molecule has 3 fully saturated rings. The fraction of sp³-hybridized carbons (Fsp3) is 0.938. The Balaban J connectivity index is 1.73. The maximum absolute atomic E-state index is 12.8. The zero-order valence-electron chi connectivity index (χ0n) is 14.7. The van der Waals surface area contributed by atoms with Crippen molar-refractivity contribution in [2.75, 3.05) is 0 Å². The predicted octanol–water partition coefficient (Wildman–Crippen LogP) is 2.29. The lowest BCUT2D eigenvalue weighted by atomic mass is 9.82. The maximum Gasteiger partial charge on any atom is 0.411 e. The summed E-state index contributed by atoms with van der Waals surface area (Å²) in [7, 11) is 0. The van der Waals surface area contributed by atoms with E-state index in [-0.39, 0.29) is 28.8 Å². The molecule has 2 bridgehead atoms. The van der Waals surface area contributed by atoms with Gasteiger partial charge in [-0.15, -0.1) is 11.6 Å². The first-order chi connectivity index (χ1) is 10.5. The van der Waals surface area contributed by atoms with E-state index in [4.69, 9.17) is 16.3 Å². The SMILES string of the molecule is CC(C)(C)OC(=O)N1[C@@]2(C)CC[C@]1(C)C[C@@H](NC1NN[C@@H]1Cl)C2. The zero-order valence-corrected chi connectivity index (χ0v) is 15.5. The van der Waals surface area contributed by atoms with E-state index in [9.17, 15) is 4.79 Å². The molecule has 1 amide bonds. The highest BCUT2D eigenvalue weighted by Gasteiger charge is 2.58. The summed E-state index contributed by atoms with van der Waals surface area (Å²) in [5.41, 5.74) is 5.14. The van der Waals surface area contributed by atoms with E-state index >= 15 is 0 Å². The molecule has 3 N–H and O–H groups in total. The number of fused-ring (bicyclic) bond motifs is 2. The van der Waals surface area contributed by atoms with Gasteiger partial charge in [0.1, 0.15) is 17.3 Å². The van der Waals surface area contributed by atoms with Crippen molar-refractivity contribution in [3.8, 4) is 0 Å². The number of alkyl halides is 1. The number of carbonyl (C=O) groups excluding carboxylic acids is 1. The number of halogens is 1. The number of hydrogen-bond donors (Lipinski definition) is 3. The second kappa shape index (κ2) is 5.48. The van der Waals surface area contributed by atoms with Crippen LogP contribution in [0.1, 0.15) is 60.3 Å². The topological polar surface area (TPSA) is 65.6 Å². The molecule has 3 heterocycles. The van der Waals surface area contributed by atoms with Crippen LogP contribution in [0.2, 0.25) is 0 Å². The highest BCUT2D eigenvalue weighted by atomic mass is 35.5. The highest BCUT2D eigenvalue weighted by Crippen LogP contribution is 2.51. The molecular formula is C16H29ClN4O2. The molecule has 0 radical (unpaired) electrons. The number of nitrogens with one attached hydrogen (secondary N) is 3. The Morgan fingerprint density at radius 3 is 2.17 bits per heavy atom. The number of ether oxygens (including phenoxy) is 1. The molecule has 5 atom stereocenters. The van der Waals surface area contributed by atoms with Crippen LogP contribution in [0.25, 0.3) is 0 Å². The maximum atomic E-state index is 12.8. The molecule has 6 nitrogen and oxygen atoms in total. The van der Waals surface area contributed by atoms with Gasteiger partial charge in [0.05, 0.1) is 0 Å². The van der Waals surface area contributed by atoms with E-state index in [0.29, 0.717) is 6.04 Å². The van der Waals surface area contributed by atoms with Crippen LogP contribution in [0.5, 0.6) is 0 Å². The van der Waals surface area contributed by atoms with Crippen molar-refractivity contribution < 1.29 is 9.53 Å². The van der Waals surface area contributed by atoms with Crippen LogP contribution in [0, 0.1) is 0 Å². The fourth-order valence-corrected chi connectivity index (χ4v) is 4.61. The molecular weight excluding hydrogens is 316 g/mol. The van der Waals surface area contributed by atoms with Crippen LogP contribution in [0.4, 0.5) is 4.79 Å². The zero-order chi connectivity index (χ0) is 17.0. The molecule has 1 unspecified atom stereocenters. The average molecular weight is 345 g/mol. The van der Waals surface area contributed by atoms with Gasteiger partial charge in [0.2, 0.25) is 0 Å². The third kappa shape index (κ3) is 3.18. The Labute approximate surface area is 143 Å². The van der Waals surface area contributed by atoms with Gasteiger partial charge in [0.25, 0.3) is 0 Å². The minimum Gasteiger partial charge on any atom is -0.444 e. The van der Waals surface area contributed by atoms with Gasteiger partial charge in [0.15, 0.2) is 0 Å². The molecule has 3 rings (SSSR count). The number of carbonyl (C=O) groups is 1. The number of rotatable bonds is 2. The summed E-state index contributed by atoms with van der Waals surface area (Å²) < 4.78 is 5.68. The molecule has 3 aliphatic rings. The van der Waals surface area contributed by atoms with E-state index in [1.165, 1.54) is 0 Å². The Kier molecular flexibility index (Phi) is 4.11. The van der Waals surface area contributed by atoms with Gasteiger partial charge >= 0.3 is 6.09 Å². The number of hydrazine groups is 1. The molecule has 0 saturated carbocycles. The number of hydrogen-bond acceptors (Lipinski definition) is 5. The Hall–Kier alpha value is -0.560. The van der Waals surface area contributed by atoms with E-state index < -0.39 is 5.60 Å². The van der Waals surface area contributed by atoms with Crippen LogP contribution >= 0.6 is 11.6 Å². The quantitative estimate of drug-likeness (QED) is 0.530. The second-order valence-corrected chi connectivity index (χ2v) is 9.22. The number of nitrogens with zero attached hydrogens (tertiary/aromatic N) is 1. The standard InChI is InChI=1S/C16H29ClN4O2/c1-14(2,3)23-13(22)21-15(4)6-7-16(21,5)9-10(8-15)18-12-11(17)19-20-12/h10-12,18-20H,6-9H2,1-5H3/t10-,11-,12?,15-,16+/m0/s1. The van der Waals surface area contributed by atoms with Crippen LogP contribution in [-0.4, -0.2) is 45.4 Å². The molecule has 0 aliphatic carbocycles. The van der Waals surface area contributed by atoms with Gasteiger partial charge in [0, 0.05) is 17.1 Å². The van der Waals surface area contributed by atoms with Crippen LogP contribution in [0.15, 0.2) is 0 Å². The summed E-state index contributed by atoms with van der Waals surface area (Å²) in [5, 5.41) is 3.58. The lowest BCUT2D eigenvalue weighted by Gasteiger charge is -2.52. The first-order valence-corrected chi connectivity index (χ1v) is 8.91. The lowest BCUT2D eigenvalue weighted by molar-refractivity contribution is -0.0408. The second-order valence-electron chi connectivity index (χ2n) is 8.75. The van der Waals surface area contributed by atoms with Gasteiger partial charge < -0.3 is 4.74 Å². The monoisotopic (exact) mass is 344 g/mol. The van der Waals surface area contributed by atoms with Crippen molar-refractivity contribution in [1.82, 2.24) is 21.1 Å². The minimum absolute atomic E-state index is 0.0846. The van der Waals surface area contributed by atoms with Crippen LogP contribution < -0.4 is 16.2 Å². The Bertz CT molecular complexity index is 477. The van der Waals surface area contributed by atoms with Gasteiger partial charge in [-0.2, -0.15) is 0 Å². The molecule has 23 heavy (non-hydrogen) atoms. The first-order valence-electron chi connectivity index (χ1n) is 8.47. The Morgan fingerprint density at radius 2 is 1.78 bits per heavy atom. The molecule has 0 aromatic rings. The number of amides is 1. The summed E-state index contributed by atoms with van der Waals surface area (Å²) in [6.45, 7) is 10.1. The fourth-order valence-electron chi connectivity index (χ4n) is 4.41. The largest absolute Gasteiger partial charge is 0.444 e. The normalized spacial score (nSPS) is 43.2. The van der Waals surface area contributed by atoms with E-state index in [0.717, 1.165) is 25.7 Å². The van der Waals surface area contributed by atoms with E-state index in [1.54, 1.807) is 0 Å². The van der Waals surface area contributed by atoms with E-state index in [1.807, 2.05) is 25.7 Å². The van der Waals surface area contributed by atoms with Crippen molar-refractivity contribution in [3.63, 3.8) is 0 Å². The molecule has 0 spiro atoms. The molecule has 132 valence electrons. The molecule has 0 aromatic carbocycles. The van der Waals surface area contributed by atoms with Crippen molar-refractivity contribution in [2.24, 2.45) is 0 Å². The third-order valence-corrected chi connectivity index (χ3v) is 5.68. The summed E-state index contributed by atoms with van der Waals surface area (Å²) in [4.78, 5) is 14.8. The highest BCUT2D eigenvalue weighted by molar-refractivity contribution is 6.21. The van der Waals surface area contributed by atoms with Crippen molar-refractivity contribution in [3.05, 3.63) is 0 Å². The summed E-state index contributed by atoms with van der Waals surface area (Å²) in [6, 6.07) is 0.340. The molecule has 0 aromatic heterocycles.